The number of alkyl halides is 3. The van der Waals surface area contributed by atoms with Crippen molar-refractivity contribution in [1.82, 2.24) is 9.78 Å². The van der Waals surface area contributed by atoms with E-state index in [1.165, 1.54) is 33.2 Å². The highest BCUT2D eigenvalue weighted by molar-refractivity contribution is 6.01. The van der Waals surface area contributed by atoms with E-state index in [4.69, 9.17) is 19.4 Å². The number of carbonyl (C=O) groups is 1. The lowest BCUT2D eigenvalue weighted by molar-refractivity contribution is -0.192. The van der Waals surface area contributed by atoms with E-state index in [0.29, 0.717) is 0 Å². The number of rotatable bonds is 6. The number of carboxylic acid groups (broad SMARTS) is 1. The van der Waals surface area contributed by atoms with Gasteiger partial charge < -0.3 is 14.4 Å². The second-order valence-electron chi connectivity index (χ2n) is 8.73. The first kappa shape index (κ1) is 26.8. The molecule has 0 bridgehead atoms. The van der Waals surface area contributed by atoms with E-state index in [9.17, 15) is 13.2 Å². The van der Waals surface area contributed by atoms with Crippen LogP contribution in [0.1, 0.15) is 35.8 Å². The van der Waals surface area contributed by atoms with Crippen molar-refractivity contribution >= 4 is 22.7 Å². The van der Waals surface area contributed by atoms with Gasteiger partial charge in [0, 0.05) is 24.5 Å². The molecule has 9 heteroatoms. The van der Waals surface area contributed by atoms with Crippen molar-refractivity contribution in [2.75, 3.05) is 11.4 Å². The second kappa shape index (κ2) is 10.9. The number of hydrogen-bond acceptors (Lipinski definition) is 4. The fourth-order valence-electron chi connectivity index (χ4n) is 4.51. The zero-order valence-electron chi connectivity index (χ0n) is 21.0. The molecule has 2 aromatic carbocycles. The zero-order chi connectivity index (χ0) is 26.6. The monoisotopic (exact) mass is 501 g/mol. The average Bonchev–Trinajstić information content (AvgIpc) is 3.39. The first-order valence-electron chi connectivity index (χ1n) is 11.5. The number of benzene rings is 2. The van der Waals surface area contributed by atoms with Gasteiger partial charge in [-0.3, -0.25) is 4.68 Å². The molecular formula is C27H30F3N3O3. The number of aromatic nitrogens is 2. The molecule has 4 rings (SSSR count). The predicted molar refractivity (Wildman–Crippen MR) is 134 cm³/mol. The summed E-state index contributed by atoms with van der Waals surface area (Å²) < 4.78 is 39.4. The smallest absolute Gasteiger partial charge is 0.475 e. The van der Waals surface area contributed by atoms with Crippen LogP contribution in [0.3, 0.4) is 0 Å². The van der Waals surface area contributed by atoms with Crippen LogP contribution in [0.2, 0.25) is 0 Å². The molecule has 0 amide bonds. The van der Waals surface area contributed by atoms with Gasteiger partial charge in [-0.25, -0.2) is 4.79 Å². The van der Waals surface area contributed by atoms with Gasteiger partial charge in [0.1, 0.15) is 17.1 Å². The van der Waals surface area contributed by atoms with E-state index in [-0.39, 0.29) is 0 Å². The lowest BCUT2D eigenvalue weighted by atomic mass is 9.92. The molecule has 0 saturated carbocycles. The Labute approximate surface area is 207 Å². The van der Waals surface area contributed by atoms with Gasteiger partial charge in [0.05, 0.1) is 12.8 Å². The Hall–Kier alpha value is -3.75. The molecule has 0 aliphatic rings. The second-order valence-corrected chi connectivity index (χ2v) is 8.73. The van der Waals surface area contributed by atoms with Crippen LogP contribution in [0.25, 0.3) is 22.0 Å². The Balaban J connectivity index is 0.000000454. The summed E-state index contributed by atoms with van der Waals surface area (Å²) in [5.74, 6) is -0.649. The normalized spacial score (nSPS) is 11.3. The number of fused-ring (bicyclic) bond motifs is 1. The minimum atomic E-state index is -5.08. The average molecular weight is 502 g/mol. The third-order valence-corrected chi connectivity index (χ3v) is 5.74. The van der Waals surface area contributed by atoms with E-state index in [1.54, 1.807) is 6.26 Å². The highest BCUT2D eigenvalue weighted by atomic mass is 19.4. The molecule has 0 radical (unpaired) electrons. The highest BCUT2D eigenvalue weighted by Crippen LogP contribution is 2.37. The summed E-state index contributed by atoms with van der Waals surface area (Å²) in [6, 6.07) is 15.0. The van der Waals surface area contributed by atoms with E-state index in [1.807, 2.05) is 23.9 Å². The van der Waals surface area contributed by atoms with Crippen molar-refractivity contribution < 1.29 is 27.5 Å². The van der Waals surface area contributed by atoms with Crippen molar-refractivity contribution in [2.45, 2.75) is 46.8 Å². The molecule has 1 N–H and O–H groups in total. The lowest BCUT2D eigenvalue weighted by Crippen LogP contribution is -2.25. The number of aryl methyl sites for hydroxylation is 4. The number of halogens is 3. The summed E-state index contributed by atoms with van der Waals surface area (Å²) >= 11 is 0. The topological polar surface area (TPSA) is 71.5 Å². The quantitative estimate of drug-likeness (QED) is 0.314. The first-order chi connectivity index (χ1) is 16.9. The van der Waals surface area contributed by atoms with Gasteiger partial charge in [-0.2, -0.15) is 18.3 Å². The largest absolute Gasteiger partial charge is 0.490 e. The molecule has 0 aliphatic carbocycles. The highest BCUT2D eigenvalue weighted by Gasteiger charge is 2.38. The molecule has 0 atom stereocenters. The van der Waals surface area contributed by atoms with Crippen molar-refractivity contribution in [2.24, 2.45) is 7.05 Å². The number of nitrogens with zero attached hydrogens (tertiary/aromatic N) is 3. The molecule has 36 heavy (non-hydrogen) atoms. The summed E-state index contributed by atoms with van der Waals surface area (Å²) in [4.78, 5) is 11.3. The van der Waals surface area contributed by atoms with Crippen LogP contribution >= 0.6 is 0 Å². The third kappa shape index (κ3) is 5.90. The van der Waals surface area contributed by atoms with Crippen LogP contribution < -0.4 is 4.90 Å². The van der Waals surface area contributed by atoms with Crippen LogP contribution in [0.4, 0.5) is 19.0 Å². The molecule has 192 valence electrons. The van der Waals surface area contributed by atoms with Crippen LogP contribution in [0, 0.1) is 20.8 Å². The van der Waals surface area contributed by atoms with E-state index >= 15 is 0 Å². The maximum atomic E-state index is 10.6. The van der Waals surface area contributed by atoms with E-state index in [2.05, 4.69) is 62.9 Å². The maximum Gasteiger partial charge on any atom is 0.490 e. The molecule has 4 aromatic rings. The molecule has 0 fully saturated rings. The minimum Gasteiger partial charge on any atom is -0.475 e. The van der Waals surface area contributed by atoms with Crippen molar-refractivity contribution in [3.63, 3.8) is 0 Å². The predicted octanol–water partition coefficient (Wildman–Crippen LogP) is 6.81. The van der Waals surface area contributed by atoms with Gasteiger partial charge >= 0.3 is 12.1 Å². The zero-order valence-corrected chi connectivity index (χ0v) is 21.0. The Morgan fingerprint density at radius 3 is 2.28 bits per heavy atom. The van der Waals surface area contributed by atoms with E-state index in [0.717, 1.165) is 36.6 Å². The van der Waals surface area contributed by atoms with Crippen molar-refractivity contribution in [3.05, 3.63) is 71.2 Å². The molecule has 0 aliphatic heterocycles. The Bertz CT molecular complexity index is 1320. The van der Waals surface area contributed by atoms with Gasteiger partial charge in [-0.1, -0.05) is 36.8 Å². The number of carboxylic acids is 1. The Morgan fingerprint density at radius 1 is 1.11 bits per heavy atom. The summed E-state index contributed by atoms with van der Waals surface area (Å²) in [7, 11) is 2.04. The SMILES string of the molecule is CCCN(Cc1ccco1)c1c2cccc(-c3c(C)cc(C)cc3C)c2nn1C.O=C(O)C(F)(F)F. The van der Waals surface area contributed by atoms with Crippen LogP contribution in [-0.2, 0) is 18.4 Å². The summed E-state index contributed by atoms with van der Waals surface area (Å²) in [5, 5.41) is 13.3. The summed E-state index contributed by atoms with van der Waals surface area (Å²) in [6.07, 6.45) is -2.29. The van der Waals surface area contributed by atoms with Crippen LogP contribution in [-0.4, -0.2) is 33.6 Å². The Morgan fingerprint density at radius 2 is 1.75 bits per heavy atom. The third-order valence-electron chi connectivity index (χ3n) is 5.74. The van der Waals surface area contributed by atoms with Gasteiger partial charge in [-0.05, 0) is 62.1 Å². The van der Waals surface area contributed by atoms with Crippen molar-refractivity contribution in [1.29, 1.82) is 0 Å². The fourth-order valence-corrected chi connectivity index (χ4v) is 4.51. The van der Waals surface area contributed by atoms with Gasteiger partial charge in [-0.15, -0.1) is 0 Å². The molecule has 2 heterocycles. The number of hydrogen-bond donors (Lipinski definition) is 1. The summed E-state index contributed by atoms with van der Waals surface area (Å²) in [5.41, 5.74) is 7.44. The minimum absolute atomic E-state index is 0.738. The van der Waals surface area contributed by atoms with E-state index < -0.39 is 12.1 Å². The van der Waals surface area contributed by atoms with Gasteiger partial charge in [0.25, 0.3) is 0 Å². The molecule has 0 unspecified atom stereocenters. The van der Waals surface area contributed by atoms with Crippen molar-refractivity contribution in [3.8, 4) is 11.1 Å². The molecule has 0 spiro atoms. The molecule has 0 saturated heterocycles. The fraction of sp³-hybridized carbons (Fsp3) is 0.333. The number of aliphatic carboxylic acids is 1. The Kier molecular flexibility index (Phi) is 8.12. The molecule has 2 aromatic heterocycles. The van der Waals surface area contributed by atoms with Crippen LogP contribution in [0.5, 0.6) is 0 Å². The number of anilines is 1. The molecule has 6 nitrogen and oxygen atoms in total. The summed E-state index contributed by atoms with van der Waals surface area (Å²) in [6.45, 7) is 10.4. The standard InChI is InChI=1S/C25H29N3O.C2HF3O2/c1-6-12-28(16-20-9-8-13-29-20)25-22-11-7-10-21(24(22)26-27(25)5)23-18(3)14-17(2)15-19(23)4;3-2(4,5)1(6)7/h7-11,13-15H,6,12,16H2,1-5H3;(H,6,7). The maximum absolute atomic E-state index is 10.6. The molecular weight excluding hydrogens is 471 g/mol. The number of furan rings is 1. The van der Waals surface area contributed by atoms with Gasteiger partial charge in [0.2, 0.25) is 0 Å². The van der Waals surface area contributed by atoms with Crippen LogP contribution in [0.15, 0.2) is 53.1 Å². The first-order valence-corrected chi connectivity index (χ1v) is 11.5. The lowest BCUT2D eigenvalue weighted by Gasteiger charge is -2.23. The van der Waals surface area contributed by atoms with Gasteiger partial charge in [0.15, 0.2) is 0 Å².